The molecule has 4 rings (SSSR count). The van der Waals surface area contributed by atoms with E-state index in [1.165, 1.54) is 0 Å². The molecule has 148 valence electrons. The molecule has 6 heteroatoms. The number of nitrogens with one attached hydrogen (secondary N) is 1. The zero-order chi connectivity index (χ0) is 19.4. The number of rotatable bonds is 5. The molecule has 1 aromatic heterocycles. The van der Waals surface area contributed by atoms with Gasteiger partial charge in [-0.15, -0.1) is 0 Å². The van der Waals surface area contributed by atoms with Crippen LogP contribution in [-0.4, -0.2) is 57.8 Å². The van der Waals surface area contributed by atoms with Crippen LogP contribution in [0.25, 0.3) is 0 Å². The third-order valence-corrected chi connectivity index (χ3v) is 6.17. The summed E-state index contributed by atoms with van der Waals surface area (Å²) >= 11 is 0. The highest BCUT2D eigenvalue weighted by atomic mass is 16.2. The number of hydrogen-bond acceptors (Lipinski definition) is 3. The molecule has 0 aliphatic carbocycles. The Kier molecular flexibility index (Phi) is 5.46. The van der Waals surface area contributed by atoms with E-state index < -0.39 is 0 Å². The number of hydrogen-bond donors (Lipinski definition) is 1. The van der Waals surface area contributed by atoms with Gasteiger partial charge in [-0.2, -0.15) is 0 Å². The molecule has 28 heavy (non-hydrogen) atoms. The van der Waals surface area contributed by atoms with Crippen molar-refractivity contribution < 1.29 is 9.59 Å². The molecule has 2 aliphatic rings. The fourth-order valence-electron chi connectivity index (χ4n) is 4.62. The molecule has 0 bridgehead atoms. The van der Waals surface area contributed by atoms with E-state index in [1.54, 1.807) is 6.33 Å². The van der Waals surface area contributed by atoms with Gasteiger partial charge in [0.05, 0.1) is 12.7 Å². The molecule has 3 heterocycles. The van der Waals surface area contributed by atoms with E-state index in [0.29, 0.717) is 19.4 Å². The Labute approximate surface area is 165 Å². The van der Waals surface area contributed by atoms with Gasteiger partial charge in [-0.05, 0) is 24.8 Å². The number of carbonyl (C=O) groups is 2. The summed E-state index contributed by atoms with van der Waals surface area (Å²) in [5, 5.41) is 0. The molecule has 1 spiro atoms. The quantitative estimate of drug-likeness (QED) is 0.866. The zero-order valence-corrected chi connectivity index (χ0v) is 16.3. The van der Waals surface area contributed by atoms with Crippen LogP contribution in [0.3, 0.4) is 0 Å². The maximum absolute atomic E-state index is 12.9. The maximum Gasteiger partial charge on any atom is 0.227 e. The molecule has 2 saturated heterocycles. The third-order valence-electron chi connectivity index (χ3n) is 6.17. The van der Waals surface area contributed by atoms with Gasteiger partial charge in [-0.25, -0.2) is 4.98 Å². The lowest BCUT2D eigenvalue weighted by Crippen LogP contribution is -2.55. The predicted molar refractivity (Wildman–Crippen MR) is 106 cm³/mol. The minimum absolute atomic E-state index is 0.0481. The van der Waals surface area contributed by atoms with Gasteiger partial charge in [-0.1, -0.05) is 30.3 Å². The fourth-order valence-corrected chi connectivity index (χ4v) is 4.62. The molecule has 6 nitrogen and oxygen atoms in total. The van der Waals surface area contributed by atoms with Crippen molar-refractivity contribution in [3.8, 4) is 0 Å². The first kappa shape index (κ1) is 18.7. The monoisotopic (exact) mass is 380 g/mol. The van der Waals surface area contributed by atoms with Gasteiger partial charge in [0.2, 0.25) is 11.8 Å². The summed E-state index contributed by atoms with van der Waals surface area (Å²) in [7, 11) is 0. The Morgan fingerprint density at radius 2 is 2.04 bits per heavy atom. The van der Waals surface area contributed by atoms with E-state index in [-0.39, 0.29) is 17.2 Å². The molecule has 0 saturated carbocycles. The van der Waals surface area contributed by atoms with Crippen LogP contribution in [0, 0.1) is 5.41 Å². The van der Waals surface area contributed by atoms with Crippen LogP contribution in [-0.2, 0) is 22.4 Å². The van der Waals surface area contributed by atoms with Crippen molar-refractivity contribution in [2.75, 3.05) is 26.2 Å². The highest BCUT2D eigenvalue weighted by Gasteiger charge is 2.42. The van der Waals surface area contributed by atoms with Crippen molar-refractivity contribution in [1.29, 1.82) is 0 Å². The lowest BCUT2D eigenvalue weighted by Gasteiger charge is -2.48. The van der Waals surface area contributed by atoms with E-state index in [9.17, 15) is 9.59 Å². The number of aromatic amines is 1. The predicted octanol–water partition coefficient (Wildman–Crippen LogP) is 2.43. The molecule has 1 N–H and O–H groups in total. The van der Waals surface area contributed by atoms with Gasteiger partial charge < -0.3 is 14.8 Å². The van der Waals surface area contributed by atoms with Gasteiger partial charge in [0, 0.05) is 56.3 Å². The number of likely N-dealkylation sites (tertiary alicyclic amines) is 2. The molecule has 0 radical (unpaired) electrons. The third kappa shape index (κ3) is 4.26. The molecular weight excluding hydrogens is 352 g/mol. The second-order valence-electron chi connectivity index (χ2n) is 8.22. The average Bonchev–Trinajstić information content (AvgIpc) is 3.23. The second-order valence-corrected chi connectivity index (χ2v) is 8.22. The second kappa shape index (κ2) is 8.17. The summed E-state index contributed by atoms with van der Waals surface area (Å²) < 4.78 is 0. The van der Waals surface area contributed by atoms with Crippen LogP contribution in [0.2, 0.25) is 0 Å². The smallest absolute Gasteiger partial charge is 0.227 e. The molecule has 2 amide bonds. The standard InChI is InChI=1S/C22H28N4O2/c27-20-7-10-22(16-26(20)12-8-19-14-23-17-24-19)9-4-11-25(15-22)21(28)13-18-5-2-1-3-6-18/h1-3,5-6,14,17H,4,7-13,15-16H2,(H,23,24)/t22-/m0/s1. The van der Waals surface area contributed by atoms with Gasteiger partial charge in [0.15, 0.2) is 0 Å². The topological polar surface area (TPSA) is 69.3 Å². The summed E-state index contributed by atoms with van der Waals surface area (Å²) in [6.45, 7) is 3.07. The maximum atomic E-state index is 12.9. The first-order chi connectivity index (χ1) is 13.6. The van der Waals surface area contributed by atoms with E-state index in [2.05, 4.69) is 9.97 Å². The van der Waals surface area contributed by atoms with Crippen molar-refractivity contribution in [1.82, 2.24) is 19.8 Å². The number of carbonyl (C=O) groups excluding carboxylic acids is 2. The Bertz CT molecular complexity index is 805. The van der Waals surface area contributed by atoms with Crippen LogP contribution in [0.1, 0.15) is 36.9 Å². The van der Waals surface area contributed by atoms with Gasteiger partial charge >= 0.3 is 0 Å². The lowest BCUT2D eigenvalue weighted by atomic mass is 9.73. The Balaban J connectivity index is 1.38. The van der Waals surface area contributed by atoms with E-state index in [1.807, 2.05) is 46.3 Å². The van der Waals surface area contributed by atoms with Gasteiger partial charge in [-0.3, -0.25) is 9.59 Å². The molecule has 2 aromatic rings. The Morgan fingerprint density at radius 1 is 1.18 bits per heavy atom. The van der Waals surface area contributed by atoms with Crippen molar-refractivity contribution in [3.05, 3.63) is 54.1 Å². The van der Waals surface area contributed by atoms with Crippen LogP contribution >= 0.6 is 0 Å². The summed E-state index contributed by atoms with van der Waals surface area (Å²) in [5.41, 5.74) is 2.16. The molecule has 1 aromatic carbocycles. The van der Waals surface area contributed by atoms with Crippen LogP contribution < -0.4 is 0 Å². The molecule has 1 atom stereocenters. The summed E-state index contributed by atoms with van der Waals surface area (Å²) in [6.07, 6.45) is 8.32. The van der Waals surface area contributed by atoms with Crippen molar-refractivity contribution in [3.63, 3.8) is 0 Å². The first-order valence-electron chi connectivity index (χ1n) is 10.2. The molecule has 2 aliphatic heterocycles. The number of benzene rings is 1. The minimum Gasteiger partial charge on any atom is -0.348 e. The SMILES string of the molecule is O=C1CC[C@]2(CCCN(C(=O)Cc3ccccc3)C2)CN1CCc1cnc[nH]1. The lowest BCUT2D eigenvalue weighted by molar-refractivity contribution is -0.142. The average molecular weight is 380 g/mol. The van der Waals surface area contributed by atoms with Crippen LogP contribution in [0.4, 0.5) is 0 Å². The molecule has 0 unspecified atom stereocenters. The van der Waals surface area contributed by atoms with Gasteiger partial charge in [0.1, 0.15) is 0 Å². The van der Waals surface area contributed by atoms with Gasteiger partial charge in [0.25, 0.3) is 0 Å². The van der Waals surface area contributed by atoms with Crippen LogP contribution in [0.5, 0.6) is 0 Å². The number of amides is 2. The van der Waals surface area contributed by atoms with Crippen LogP contribution in [0.15, 0.2) is 42.9 Å². The number of nitrogens with zero attached hydrogens (tertiary/aromatic N) is 3. The molecular formula is C22H28N4O2. The number of imidazole rings is 1. The van der Waals surface area contributed by atoms with Crippen molar-refractivity contribution in [2.45, 2.75) is 38.5 Å². The Morgan fingerprint density at radius 3 is 2.82 bits per heavy atom. The number of aromatic nitrogens is 2. The first-order valence-corrected chi connectivity index (χ1v) is 10.2. The van der Waals surface area contributed by atoms with Crippen molar-refractivity contribution in [2.24, 2.45) is 5.41 Å². The minimum atomic E-state index is 0.0481. The van der Waals surface area contributed by atoms with E-state index in [4.69, 9.17) is 0 Å². The highest BCUT2D eigenvalue weighted by molar-refractivity contribution is 5.79. The highest BCUT2D eigenvalue weighted by Crippen LogP contribution is 2.39. The fraction of sp³-hybridized carbons (Fsp3) is 0.500. The van der Waals surface area contributed by atoms with E-state index >= 15 is 0 Å². The summed E-state index contributed by atoms with van der Waals surface area (Å²) in [5.74, 6) is 0.434. The normalized spacial score (nSPS) is 22.6. The number of piperidine rings is 2. The largest absolute Gasteiger partial charge is 0.348 e. The zero-order valence-electron chi connectivity index (χ0n) is 16.3. The van der Waals surface area contributed by atoms with E-state index in [0.717, 1.165) is 56.6 Å². The van der Waals surface area contributed by atoms with Crippen molar-refractivity contribution >= 4 is 11.8 Å². The number of H-pyrrole nitrogens is 1. The summed E-state index contributed by atoms with van der Waals surface area (Å²) in [6, 6.07) is 9.94. The Hall–Kier alpha value is -2.63. The molecule has 2 fully saturated rings. The summed E-state index contributed by atoms with van der Waals surface area (Å²) in [4.78, 5) is 36.5.